The second-order valence-electron chi connectivity index (χ2n) is 5.54. The van der Waals surface area contributed by atoms with Crippen LogP contribution in [0.2, 0.25) is 0 Å². The number of anilines is 1. The topological polar surface area (TPSA) is 46.3 Å². The fourth-order valence-corrected chi connectivity index (χ4v) is 2.48. The summed E-state index contributed by atoms with van der Waals surface area (Å²) < 4.78 is 0. The lowest BCUT2D eigenvalue weighted by Crippen LogP contribution is -2.43. The van der Waals surface area contributed by atoms with Crippen molar-refractivity contribution in [1.29, 1.82) is 0 Å². The predicted molar refractivity (Wildman–Crippen MR) is 94.7 cm³/mol. The van der Waals surface area contributed by atoms with Gasteiger partial charge in [-0.1, -0.05) is 36.4 Å². The Morgan fingerprint density at radius 3 is 2.18 bits per heavy atom. The molecule has 2 rings (SSSR count). The molecule has 0 heterocycles. The summed E-state index contributed by atoms with van der Waals surface area (Å²) in [6, 6.07) is 15.4. The highest BCUT2D eigenvalue weighted by atomic mass is 35.5. The van der Waals surface area contributed by atoms with E-state index in [2.05, 4.69) is 6.07 Å². The third-order valence-electron chi connectivity index (χ3n) is 3.54. The van der Waals surface area contributed by atoms with Crippen LogP contribution in [0.5, 0.6) is 0 Å². The summed E-state index contributed by atoms with van der Waals surface area (Å²) in [6.45, 7) is 4.05. The summed E-state index contributed by atoms with van der Waals surface area (Å²) in [5.74, 6) is -0.0659. The van der Waals surface area contributed by atoms with E-state index in [4.69, 9.17) is 5.73 Å². The quantitative estimate of drug-likeness (QED) is 0.940. The fraction of sp³-hybridized carbons (Fsp3) is 0.278. The number of benzene rings is 2. The summed E-state index contributed by atoms with van der Waals surface area (Å²) in [7, 11) is 1.78. The zero-order chi connectivity index (χ0) is 15.4. The Hall–Kier alpha value is -1.84. The molecule has 0 spiro atoms. The third kappa shape index (κ3) is 4.58. The fourth-order valence-electron chi connectivity index (χ4n) is 2.48. The second kappa shape index (κ2) is 7.97. The van der Waals surface area contributed by atoms with Gasteiger partial charge in [-0.25, -0.2) is 0 Å². The van der Waals surface area contributed by atoms with Crippen LogP contribution in [-0.4, -0.2) is 19.0 Å². The molecule has 0 aliphatic rings. The van der Waals surface area contributed by atoms with Gasteiger partial charge in [-0.3, -0.25) is 4.79 Å². The average Bonchev–Trinajstić information content (AvgIpc) is 2.45. The van der Waals surface area contributed by atoms with Crippen molar-refractivity contribution in [2.45, 2.75) is 26.3 Å². The molecule has 2 aromatic carbocycles. The molecule has 2 N–H and O–H groups in total. The Morgan fingerprint density at radius 2 is 1.64 bits per heavy atom. The maximum atomic E-state index is 12.5. The van der Waals surface area contributed by atoms with Gasteiger partial charge in [0, 0.05) is 12.7 Å². The van der Waals surface area contributed by atoms with Gasteiger partial charge in [0.1, 0.15) is 0 Å². The van der Waals surface area contributed by atoms with Gasteiger partial charge in [0.15, 0.2) is 0 Å². The number of carbonyl (C=O) groups excluding carboxylic acids is 1. The number of nitrogens with two attached hydrogens (primary N) is 1. The molecule has 0 aliphatic carbocycles. The molecule has 118 valence electrons. The van der Waals surface area contributed by atoms with Gasteiger partial charge in [-0.05, 0) is 49.1 Å². The van der Waals surface area contributed by atoms with Gasteiger partial charge < -0.3 is 10.6 Å². The van der Waals surface area contributed by atoms with Crippen molar-refractivity contribution in [3.05, 3.63) is 65.2 Å². The van der Waals surface area contributed by atoms with E-state index in [0.717, 1.165) is 22.4 Å². The van der Waals surface area contributed by atoms with Crippen LogP contribution in [0.25, 0.3) is 0 Å². The Morgan fingerprint density at radius 1 is 1.09 bits per heavy atom. The number of rotatable bonds is 4. The Bertz CT molecular complexity index is 608. The molecule has 4 heteroatoms. The number of hydrogen-bond donors (Lipinski definition) is 1. The largest absolute Gasteiger partial charge is 0.320 e. The minimum atomic E-state index is -0.529. The van der Waals surface area contributed by atoms with E-state index in [1.165, 1.54) is 0 Å². The number of hydrogen-bond acceptors (Lipinski definition) is 2. The number of likely N-dealkylation sites (N-methyl/N-ethyl adjacent to an activating group) is 1. The van der Waals surface area contributed by atoms with Gasteiger partial charge >= 0.3 is 0 Å². The minimum Gasteiger partial charge on any atom is -0.320 e. The van der Waals surface area contributed by atoms with Gasteiger partial charge in [0.2, 0.25) is 5.91 Å². The predicted octanol–water partition coefficient (Wildman–Crippen LogP) is 3.26. The molecule has 22 heavy (non-hydrogen) atoms. The van der Waals surface area contributed by atoms with E-state index in [0.29, 0.717) is 6.42 Å². The molecule has 0 saturated carbocycles. The third-order valence-corrected chi connectivity index (χ3v) is 3.54. The molecule has 3 nitrogen and oxygen atoms in total. The lowest BCUT2D eigenvalue weighted by atomic mass is 10.0. The van der Waals surface area contributed by atoms with Crippen LogP contribution in [0.15, 0.2) is 48.5 Å². The molecule has 1 amide bonds. The van der Waals surface area contributed by atoms with E-state index in [1.807, 2.05) is 56.3 Å². The summed E-state index contributed by atoms with van der Waals surface area (Å²) >= 11 is 0. The summed E-state index contributed by atoms with van der Waals surface area (Å²) in [5.41, 5.74) is 10.3. The molecule has 0 saturated heterocycles. The standard InChI is InChI=1S/C18H22N2O.ClH/c1-13-9-14(2)11-16(10-13)20(3)18(21)17(19)12-15-7-5-4-6-8-15;/h4-11,17H,12,19H2,1-3H3;1H/t17-;/m0./s1. The molecule has 2 aromatic rings. The van der Waals surface area contributed by atoms with E-state index in [9.17, 15) is 4.79 Å². The van der Waals surface area contributed by atoms with Crippen molar-refractivity contribution in [2.75, 3.05) is 11.9 Å². The van der Waals surface area contributed by atoms with Crippen molar-refractivity contribution >= 4 is 24.0 Å². The Kier molecular flexibility index (Phi) is 6.60. The first kappa shape index (κ1) is 18.2. The highest BCUT2D eigenvalue weighted by Gasteiger charge is 2.19. The first-order valence-corrected chi connectivity index (χ1v) is 7.13. The van der Waals surface area contributed by atoms with Crippen LogP contribution >= 0.6 is 12.4 Å². The Labute approximate surface area is 138 Å². The molecule has 0 fully saturated rings. The average molecular weight is 319 g/mol. The van der Waals surface area contributed by atoms with Gasteiger partial charge in [0.05, 0.1) is 6.04 Å². The monoisotopic (exact) mass is 318 g/mol. The lowest BCUT2D eigenvalue weighted by molar-refractivity contribution is -0.119. The van der Waals surface area contributed by atoms with Crippen molar-refractivity contribution in [1.82, 2.24) is 0 Å². The zero-order valence-electron chi connectivity index (χ0n) is 13.2. The number of aryl methyl sites for hydroxylation is 2. The number of halogens is 1. The van der Waals surface area contributed by atoms with Gasteiger partial charge in [-0.2, -0.15) is 0 Å². The summed E-state index contributed by atoms with van der Waals surface area (Å²) in [5, 5.41) is 0. The molecular formula is C18H23ClN2O. The van der Waals surface area contributed by atoms with Crippen LogP contribution in [0.4, 0.5) is 5.69 Å². The summed E-state index contributed by atoms with van der Waals surface area (Å²) in [6.07, 6.45) is 0.550. The van der Waals surface area contributed by atoms with E-state index >= 15 is 0 Å². The van der Waals surface area contributed by atoms with E-state index in [-0.39, 0.29) is 18.3 Å². The number of amides is 1. The second-order valence-corrected chi connectivity index (χ2v) is 5.54. The first-order chi connectivity index (χ1) is 9.97. The smallest absolute Gasteiger partial charge is 0.243 e. The van der Waals surface area contributed by atoms with Crippen LogP contribution in [0.3, 0.4) is 0 Å². The van der Waals surface area contributed by atoms with Crippen LogP contribution < -0.4 is 10.6 Å². The van der Waals surface area contributed by atoms with Gasteiger partial charge in [0.25, 0.3) is 0 Å². The molecule has 0 bridgehead atoms. The normalized spacial score (nSPS) is 11.5. The van der Waals surface area contributed by atoms with Crippen molar-refractivity contribution < 1.29 is 4.79 Å². The molecule has 0 radical (unpaired) electrons. The molecule has 1 atom stereocenters. The molecule has 0 aliphatic heterocycles. The highest BCUT2D eigenvalue weighted by Crippen LogP contribution is 2.18. The highest BCUT2D eigenvalue weighted by molar-refractivity contribution is 5.96. The van der Waals surface area contributed by atoms with Gasteiger partial charge in [-0.15, -0.1) is 12.4 Å². The lowest BCUT2D eigenvalue weighted by Gasteiger charge is -2.22. The van der Waals surface area contributed by atoms with Crippen LogP contribution in [-0.2, 0) is 11.2 Å². The first-order valence-electron chi connectivity index (χ1n) is 7.13. The van der Waals surface area contributed by atoms with Crippen LogP contribution in [0, 0.1) is 13.8 Å². The maximum Gasteiger partial charge on any atom is 0.243 e. The Balaban J connectivity index is 0.00000242. The minimum absolute atomic E-state index is 0. The van der Waals surface area contributed by atoms with Crippen molar-refractivity contribution in [2.24, 2.45) is 5.73 Å². The molecule has 0 aromatic heterocycles. The molecular weight excluding hydrogens is 296 g/mol. The van der Waals surface area contributed by atoms with E-state index in [1.54, 1.807) is 11.9 Å². The number of carbonyl (C=O) groups is 1. The SMILES string of the molecule is Cc1cc(C)cc(N(C)C(=O)[C@@H](N)Cc2ccccc2)c1.Cl. The maximum absolute atomic E-state index is 12.5. The van der Waals surface area contributed by atoms with E-state index < -0.39 is 6.04 Å². The van der Waals surface area contributed by atoms with Crippen molar-refractivity contribution in [3.63, 3.8) is 0 Å². The number of nitrogens with zero attached hydrogens (tertiary/aromatic N) is 1. The zero-order valence-corrected chi connectivity index (χ0v) is 14.1. The summed E-state index contributed by atoms with van der Waals surface area (Å²) in [4.78, 5) is 14.1. The van der Waals surface area contributed by atoms with Crippen LogP contribution in [0.1, 0.15) is 16.7 Å². The van der Waals surface area contributed by atoms with Crippen molar-refractivity contribution in [3.8, 4) is 0 Å². The molecule has 0 unspecified atom stereocenters.